The van der Waals surface area contributed by atoms with Crippen LogP contribution in [0.25, 0.3) is 11.1 Å². The molecule has 0 aliphatic rings. The van der Waals surface area contributed by atoms with Gasteiger partial charge in [0, 0.05) is 0 Å². The smallest absolute Gasteiger partial charge is 0.338 e. The Hall–Kier alpha value is -2.09. The largest absolute Gasteiger partial charge is 0.456 e. The number of rotatable bonds is 4. The van der Waals surface area contributed by atoms with E-state index in [2.05, 4.69) is 31.2 Å². The fraction of sp³-hybridized carbons (Fsp3) is 0.350. The summed E-state index contributed by atoms with van der Waals surface area (Å²) in [4.78, 5) is 12.0. The van der Waals surface area contributed by atoms with Gasteiger partial charge in [-0.05, 0) is 56.0 Å². The summed E-state index contributed by atoms with van der Waals surface area (Å²) >= 11 is 0. The maximum Gasteiger partial charge on any atom is 0.338 e. The molecule has 116 valence electrons. The number of ether oxygens (including phenoxy) is 1. The number of aryl methyl sites for hydroxylation is 1. The van der Waals surface area contributed by atoms with E-state index < -0.39 is 5.60 Å². The average Bonchev–Trinajstić information content (AvgIpc) is 2.47. The number of benzene rings is 2. The van der Waals surface area contributed by atoms with Crippen molar-refractivity contribution in [3.05, 3.63) is 59.7 Å². The lowest BCUT2D eigenvalue weighted by Crippen LogP contribution is -2.23. The molecule has 0 N–H and O–H groups in total. The van der Waals surface area contributed by atoms with Crippen molar-refractivity contribution in [1.82, 2.24) is 0 Å². The Morgan fingerprint density at radius 3 is 1.86 bits per heavy atom. The van der Waals surface area contributed by atoms with Crippen molar-refractivity contribution in [2.45, 2.75) is 46.1 Å². The van der Waals surface area contributed by atoms with Crippen LogP contribution in [0.2, 0.25) is 0 Å². The molecule has 0 spiro atoms. The summed E-state index contributed by atoms with van der Waals surface area (Å²) in [5, 5.41) is 0. The highest BCUT2D eigenvalue weighted by atomic mass is 16.6. The Morgan fingerprint density at radius 1 is 0.909 bits per heavy atom. The van der Waals surface area contributed by atoms with Crippen LogP contribution < -0.4 is 0 Å². The lowest BCUT2D eigenvalue weighted by molar-refractivity contribution is 0.00696. The van der Waals surface area contributed by atoms with E-state index in [0.29, 0.717) is 5.56 Å². The van der Waals surface area contributed by atoms with Crippen molar-refractivity contribution >= 4 is 5.97 Å². The van der Waals surface area contributed by atoms with Crippen molar-refractivity contribution in [3.8, 4) is 11.1 Å². The number of carbonyl (C=O) groups is 1. The second-order valence-corrected chi connectivity index (χ2v) is 6.53. The van der Waals surface area contributed by atoms with Crippen LogP contribution >= 0.6 is 0 Å². The van der Waals surface area contributed by atoms with Gasteiger partial charge in [0.15, 0.2) is 0 Å². The van der Waals surface area contributed by atoms with Crippen molar-refractivity contribution in [1.29, 1.82) is 0 Å². The summed E-state index contributed by atoms with van der Waals surface area (Å²) in [6, 6.07) is 16.2. The molecule has 0 radical (unpaired) electrons. The van der Waals surface area contributed by atoms with Crippen molar-refractivity contribution < 1.29 is 9.53 Å². The van der Waals surface area contributed by atoms with E-state index in [1.165, 1.54) is 5.56 Å². The van der Waals surface area contributed by atoms with Crippen LogP contribution in [0.5, 0.6) is 0 Å². The molecule has 0 aromatic heterocycles. The Labute approximate surface area is 133 Å². The SMILES string of the molecule is CCCc1ccc(-c2ccc(C(=O)OC(C)(C)C)cc2)cc1. The minimum absolute atomic E-state index is 0.280. The van der Waals surface area contributed by atoms with Crippen LogP contribution in [-0.4, -0.2) is 11.6 Å². The minimum atomic E-state index is -0.467. The van der Waals surface area contributed by atoms with Gasteiger partial charge in [-0.3, -0.25) is 0 Å². The average molecular weight is 296 g/mol. The van der Waals surface area contributed by atoms with Crippen molar-refractivity contribution in [2.24, 2.45) is 0 Å². The molecule has 22 heavy (non-hydrogen) atoms. The van der Waals surface area contributed by atoms with Crippen molar-refractivity contribution in [3.63, 3.8) is 0 Å². The molecule has 2 nitrogen and oxygen atoms in total. The van der Waals surface area contributed by atoms with Crippen molar-refractivity contribution in [2.75, 3.05) is 0 Å². The zero-order chi connectivity index (χ0) is 16.2. The topological polar surface area (TPSA) is 26.3 Å². The first-order valence-electron chi connectivity index (χ1n) is 7.82. The predicted octanol–water partition coefficient (Wildman–Crippen LogP) is 5.26. The summed E-state index contributed by atoms with van der Waals surface area (Å²) < 4.78 is 5.37. The maximum atomic E-state index is 12.0. The third-order valence-electron chi connectivity index (χ3n) is 3.35. The van der Waals surface area contributed by atoms with Gasteiger partial charge in [-0.2, -0.15) is 0 Å². The molecule has 0 unspecified atom stereocenters. The Morgan fingerprint density at radius 2 is 1.41 bits per heavy atom. The monoisotopic (exact) mass is 296 g/mol. The molecule has 0 saturated heterocycles. The molecule has 0 bridgehead atoms. The van der Waals surface area contributed by atoms with Crippen LogP contribution in [0.3, 0.4) is 0 Å². The number of carbonyl (C=O) groups excluding carboxylic acids is 1. The normalized spacial score (nSPS) is 11.3. The van der Waals surface area contributed by atoms with E-state index in [9.17, 15) is 4.79 Å². The Bertz CT molecular complexity index is 616. The first-order valence-corrected chi connectivity index (χ1v) is 7.82. The molecule has 0 amide bonds. The van der Waals surface area contributed by atoms with E-state index in [-0.39, 0.29) is 5.97 Å². The standard InChI is InChI=1S/C20H24O2/c1-5-6-15-7-9-16(10-8-15)17-11-13-18(14-12-17)19(21)22-20(2,3)4/h7-14H,5-6H2,1-4H3. The first-order chi connectivity index (χ1) is 10.4. The number of hydrogen-bond acceptors (Lipinski definition) is 2. The van der Waals surface area contributed by atoms with Gasteiger partial charge in [-0.15, -0.1) is 0 Å². The van der Waals surface area contributed by atoms with Crippen LogP contribution in [0, 0.1) is 0 Å². The molecular formula is C20H24O2. The summed E-state index contributed by atoms with van der Waals surface area (Å²) in [6.07, 6.45) is 2.27. The molecule has 2 aromatic rings. The Kier molecular flexibility index (Phi) is 5.02. The quantitative estimate of drug-likeness (QED) is 0.719. The van der Waals surface area contributed by atoms with Gasteiger partial charge in [-0.25, -0.2) is 4.79 Å². The fourth-order valence-corrected chi connectivity index (χ4v) is 2.29. The summed E-state index contributed by atoms with van der Waals surface area (Å²) in [5.41, 5.74) is 3.74. The molecule has 0 aliphatic heterocycles. The highest BCUT2D eigenvalue weighted by Gasteiger charge is 2.17. The first kappa shape index (κ1) is 16.3. The van der Waals surface area contributed by atoms with Crippen LogP contribution in [0.15, 0.2) is 48.5 Å². The lowest BCUT2D eigenvalue weighted by atomic mass is 10.0. The third kappa shape index (κ3) is 4.45. The molecule has 0 heterocycles. The highest BCUT2D eigenvalue weighted by molar-refractivity contribution is 5.90. The van der Waals surface area contributed by atoms with E-state index >= 15 is 0 Å². The van der Waals surface area contributed by atoms with Crippen LogP contribution in [0.4, 0.5) is 0 Å². The van der Waals surface area contributed by atoms with E-state index in [1.54, 1.807) is 0 Å². The summed E-state index contributed by atoms with van der Waals surface area (Å²) in [6.45, 7) is 7.80. The minimum Gasteiger partial charge on any atom is -0.456 e. The molecule has 0 atom stereocenters. The second-order valence-electron chi connectivity index (χ2n) is 6.53. The number of hydrogen-bond donors (Lipinski definition) is 0. The lowest BCUT2D eigenvalue weighted by Gasteiger charge is -2.19. The van der Waals surface area contributed by atoms with Crippen LogP contribution in [-0.2, 0) is 11.2 Å². The molecular weight excluding hydrogens is 272 g/mol. The van der Waals surface area contributed by atoms with Gasteiger partial charge in [0.1, 0.15) is 5.60 Å². The molecule has 0 fully saturated rings. The van der Waals surface area contributed by atoms with Gasteiger partial charge in [0.2, 0.25) is 0 Å². The number of esters is 1. The molecule has 0 saturated carbocycles. The zero-order valence-electron chi connectivity index (χ0n) is 13.8. The van der Waals surface area contributed by atoms with Gasteiger partial charge in [0.05, 0.1) is 5.56 Å². The predicted molar refractivity (Wildman–Crippen MR) is 91.0 cm³/mol. The highest BCUT2D eigenvalue weighted by Crippen LogP contribution is 2.22. The van der Waals surface area contributed by atoms with Crippen LogP contribution in [0.1, 0.15) is 50.0 Å². The van der Waals surface area contributed by atoms with Gasteiger partial charge in [0.25, 0.3) is 0 Å². The van der Waals surface area contributed by atoms with E-state index in [0.717, 1.165) is 24.0 Å². The maximum absolute atomic E-state index is 12.0. The van der Waals surface area contributed by atoms with Gasteiger partial charge < -0.3 is 4.74 Å². The fourth-order valence-electron chi connectivity index (χ4n) is 2.29. The molecule has 2 aromatic carbocycles. The van der Waals surface area contributed by atoms with E-state index in [4.69, 9.17) is 4.74 Å². The second kappa shape index (κ2) is 6.78. The summed E-state index contributed by atoms with van der Waals surface area (Å²) in [7, 11) is 0. The molecule has 2 rings (SSSR count). The molecule has 2 heteroatoms. The Balaban J connectivity index is 2.13. The van der Waals surface area contributed by atoms with E-state index in [1.807, 2.05) is 45.0 Å². The summed E-state index contributed by atoms with van der Waals surface area (Å²) in [5.74, 6) is -0.280. The molecule has 0 aliphatic carbocycles. The van der Waals surface area contributed by atoms with Gasteiger partial charge >= 0.3 is 5.97 Å². The third-order valence-corrected chi connectivity index (χ3v) is 3.35. The zero-order valence-corrected chi connectivity index (χ0v) is 13.8. The van der Waals surface area contributed by atoms with Gasteiger partial charge in [-0.1, -0.05) is 49.7 Å².